The Bertz CT molecular complexity index is 935. The van der Waals surface area contributed by atoms with E-state index in [9.17, 15) is 44.1 Å². The maximum atomic E-state index is 12.1. The molecule has 1 aliphatic heterocycles. The second-order valence-corrected chi connectivity index (χ2v) is 10.8. The van der Waals surface area contributed by atoms with Crippen LogP contribution in [-0.4, -0.2) is 134 Å². The van der Waals surface area contributed by atoms with Gasteiger partial charge in [-0.15, -0.1) is 0 Å². The largest absolute Gasteiger partial charge is 0.810 e. The van der Waals surface area contributed by atoms with Crippen LogP contribution in [0.4, 0.5) is 10.5 Å². The summed E-state index contributed by atoms with van der Waals surface area (Å²) >= 11 is 0. The van der Waals surface area contributed by atoms with Crippen LogP contribution in [0.1, 0.15) is 0 Å². The molecule has 0 aromatic heterocycles. The van der Waals surface area contributed by atoms with Crippen LogP contribution in [0.3, 0.4) is 0 Å². The number of anilines is 1. The highest BCUT2D eigenvalue weighted by Gasteiger charge is 2.19. The van der Waals surface area contributed by atoms with E-state index in [2.05, 4.69) is 10.6 Å². The number of nitrogens with one attached hydrogen (secondary N) is 2. The molecule has 0 radical (unpaired) electrons. The van der Waals surface area contributed by atoms with Gasteiger partial charge in [0.15, 0.2) is 0 Å². The molecule has 1 aromatic rings. The molecular formula is C23H35N6O9P-4. The van der Waals surface area contributed by atoms with E-state index >= 15 is 0 Å². The molecule has 39 heavy (non-hydrogen) atoms. The Morgan fingerprint density at radius 3 is 1.74 bits per heavy atom. The number of rotatable bonds is 11. The molecule has 0 saturated carbocycles. The van der Waals surface area contributed by atoms with Crippen LogP contribution in [0, 0.1) is 0 Å². The van der Waals surface area contributed by atoms with Crippen molar-refractivity contribution in [2.45, 2.75) is 6.10 Å². The van der Waals surface area contributed by atoms with Crippen LogP contribution in [0.5, 0.6) is 0 Å². The molecule has 0 bridgehead atoms. The Hall–Kier alpha value is -2.62. The van der Waals surface area contributed by atoms with Gasteiger partial charge in [0.1, 0.15) is 0 Å². The van der Waals surface area contributed by atoms with Gasteiger partial charge >= 0.3 is 6.03 Å². The van der Waals surface area contributed by atoms with Crippen LogP contribution in [-0.2, 0) is 14.2 Å². The third-order valence-electron chi connectivity index (χ3n) is 6.01. The molecule has 1 saturated heterocycles. The fraction of sp³-hybridized carbons (Fsp3) is 0.609. The lowest BCUT2D eigenvalue weighted by Gasteiger charge is -2.39. The lowest BCUT2D eigenvalue weighted by molar-refractivity contribution is -0.316. The summed E-state index contributed by atoms with van der Waals surface area (Å²) in [4.78, 5) is 63.6. The molecule has 1 aliphatic rings. The van der Waals surface area contributed by atoms with Crippen molar-refractivity contribution in [1.29, 1.82) is 0 Å². The smallest absolute Gasteiger partial charge is 0.319 e. The summed E-state index contributed by atoms with van der Waals surface area (Å²) in [5.74, 6) is -2.65. The Morgan fingerprint density at radius 2 is 1.28 bits per heavy atom. The van der Waals surface area contributed by atoms with Crippen molar-refractivity contribution in [2.24, 2.45) is 0 Å². The van der Waals surface area contributed by atoms with Gasteiger partial charge in [0.2, 0.25) is 0 Å². The first-order valence-electron chi connectivity index (χ1n) is 12.5. The number of carboxylic acid groups (broad SMARTS) is 2. The van der Waals surface area contributed by atoms with Gasteiger partial charge in [-0.3, -0.25) is 19.6 Å². The van der Waals surface area contributed by atoms with E-state index in [0.717, 1.165) is 0 Å². The Labute approximate surface area is 227 Å². The molecule has 1 aromatic carbocycles. The maximum absolute atomic E-state index is 12.1. The Morgan fingerprint density at radius 1 is 0.821 bits per heavy atom. The molecule has 0 aliphatic carbocycles. The van der Waals surface area contributed by atoms with E-state index in [-0.39, 0.29) is 65.4 Å². The average Bonchev–Trinajstić information content (AvgIpc) is 2.83. The number of hydrogen-bond donors (Lipinski definition) is 3. The maximum Gasteiger partial charge on any atom is 0.319 e. The highest BCUT2D eigenvalue weighted by molar-refractivity contribution is 7.48. The first kappa shape index (κ1) is 32.6. The van der Waals surface area contributed by atoms with Crippen molar-refractivity contribution in [1.82, 2.24) is 24.9 Å². The number of benzene rings is 1. The molecule has 3 N–H and O–H groups in total. The van der Waals surface area contributed by atoms with Crippen molar-refractivity contribution in [2.75, 3.05) is 90.1 Å². The molecule has 2 amide bonds. The Balaban J connectivity index is 2.03. The number of β-amino-alcohol motifs (C(OH)–C–C–N with tert-alkyl or cyclic N) is 1. The molecule has 220 valence electrons. The molecular weight excluding hydrogens is 535 g/mol. The second kappa shape index (κ2) is 16.5. The van der Waals surface area contributed by atoms with E-state index in [0.29, 0.717) is 5.69 Å². The van der Waals surface area contributed by atoms with Crippen molar-refractivity contribution in [3.05, 3.63) is 30.3 Å². The number of hydrogen-bond acceptors (Lipinski definition) is 13. The molecule has 0 spiro atoms. The third-order valence-corrected chi connectivity index (χ3v) is 6.75. The molecule has 1 fully saturated rings. The Kier molecular flexibility index (Phi) is 13.8. The van der Waals surface area contributed by atoms with Gasteiger partial charge in [0, 0.05) is 90.5 Å². The SMILES string of the molecule is O=C([O-])CN1CCN(CC(O)CNC(=O)Nc2ccccc2)CCN(CC(=O)[O-])CCN(CP(=O)([O-])[O-])CC1. The number of aliphatic hydroxyl groups excluding tert-OH is 1. The van der Waals surface area contributed by atoms with Gasteiger partial charge in [0.05, 0.1) is 18.0 Å². The minimum absolute atomic E-state index is 0.0595. The highest BCUT2D eigenvalue weighted by atomic mass is 31.2. The summed E-state index contributed by atoms with van der Waals surface area (Å²) in [6.45, 7) is 0.524. The van der Waals surface area contributed by atoms with Crippen LogP contribution in [0.25, 0.3) is 0 Å². The summed E-state index contributed by atoms with van der Waals surface area (Å²) < 4.78 is 11.4. The first-order chi connectivity index (χ1) is 18.4. The molecule has 1 unspecified atom stereocenters. The summed E-state index contributed by atoms with van der Waals surface area (Å²) in [7, 11) is -4.91. The second-order valence-electron chi connectivity index (χ2n) is 9.32. The number of carboxylic acids is 2. The van der Waals surface area contributed by atoms with Gasteiger partial charge in [0.25, 0.3) is 0 Å². The zero-order chi connectivity index (χ0) is 28.8. The topological polar surface area (TPSA) is 218 Å². The number of carbonyl (C=O) groups is 3. The number of para-hydroxylation sites is 1. The quantitative estimate of drug-likeness (QED) is 0.212. The summed E-state index contributed by atoms with van der Waals surface area (Å²) in [5.41, 5.74) is 0.584. The fourth-order valence-electron chi connectivity index (χ4n) is 4.10. The van der Waals surface area contributed by atoms with Crippen LogP contribution < -0.4 is 30.6 Å². The third kappa shape index (κ3) is 14.9. The number of aliphatic hydroxyl groups is 1. The van der Waals surface area contributed by atoms with Gasteiger partial charge in [-0.05, 0) is 12.1 Å². The number of aliphatic carboxylic acids is 2. The normalized spacial score (nSPS) is 18.4. The van der Waals surface area contributed by atoms with Gasteiger partial charge in [-0.2, -0.15) is 0 Å². The van der Waals surface area contributed by atoms with E-state index in [1.807, 2.05) is 4.90 Å². The summed E-state index contributed by atoms with van der Waals surface area (Å²) in [6.07, 6.45) is -1.75. The van der Waals surface area contributed by atoms with E-state index < -0.39 is 51.0 Å². The molecule has 1 heterocycles. The van der Waals surface area contributed by atoms with Crippen molar-refractivity contribution in [3.63, 3.8) is 0 Å². The minimum Gasteiger partial charge on any atom is -0.810 e. The molecule has 15 nitrogen and oxygen atoms in total. The number of urea groups is 1. The zero-order valence-electron chi connectivity index (χ0n) is 21.6. The zero-order valence-corrected chi connectivity index (χ0v) is 22.5. The number of carbonyl (C=O) groups excluding carboxylic acids is 3. The van der Waals surface area contributed by atoms with Gasteiger partial charge < -0.3 is 49.9 Å². The standard InChI is InChI=1S/C23H39N6O9P/c30-20(14-24-23(35)25-19-4-2-1-3-5-19)15-26-6-8-27(16-21(31)32)10-12-29(18-39(36,37)38)13-11-28(9-7-26)17-22(33)34/h1-5,20,30H,6-18H2,(H,31,32)(H,33,34)(H2,24,25,35)(H2,36,37,38)/p-4. The van der Waals surface area contributed by atoms with E-state index in [1.54, 1.807) is 30.3 Å². The van der Waals surface area contributed by atoms with Crippen molar-refractivity contribution < 1.29 is 44.1 Å². The lowest BCUT2D eigenvalue weighted by Crippen LogP contribution is -2.51. The van der Waals surface area contributed by atoms with Crippen molar-refractivity contribution in [3.8, 4) is 0 Å². The van der Waals surface area contributed by atoms with Crippen LogP contribution >= 0.6 is 7.60 Å². The van der Waals surface area contributed by atoms with Crippen molar-refractivity contribution >= 4 is 31.3 Å². The van der Waals surface area contributed by atoms with Crippen LogP contribution in [0.15, 0.2) is 30.3 Å². The predicted octanol–water partition coefficient (Wildman–Crippen LogP) is -5.24. The highest BCUT2D eigenvalue weighted by Crippen LogP contribution is 2.24. The number of nitrogens with zero attached hydrogens (tertiary/aromatic N) is 4. The summed E-state index contributed by atoms with van der Waals surface area (Å²) in [5, 5.41) is 38.3. The molecule has 1 atom stereocenters. The van der Waals surface area contributed by atoms with Crippen LogP contribution in [0.2, 0.25) is 0 Å². The predicted molar refractivity (Wildman–Crippen MR) is 133 cm³/mol. The number of amides is 2. The summed E-state index contributed by atoms with van der Waals surface area (Å²) in [6, 6.07) is 8.25. The minimum atomic E-state index is -4.91. The molecule has 2 rings (SSSR count). The van der Waals surface area contributed by atoms with E-state index in [1.165, 1.54) is 14.7 Å². The molecule has 16 heteroatoms. The fourth-order valence-corrected chi connectivity index (χ4v) is 4.87. The van der Waals surface area contributed by atoms with Gasteiger partial charge in [-0.25, -0.2) is 4.79 Å². The van der Waals surface area contributed by atoms with Gasteiger partial charge in [-0.1, -0.05) is 25.8 Å². The first-order valence-corrected chi connectivity index (χ1v) is 14.2. The lowest BCUT2D eigenvalue weighted by atomic mass is 10.2. The average molecular weight is 571 g/mol. The monoisotopic (exact) mass is 570 g/mol. The van der Waals surface area contributed by atoms with E-state index in [4.69, 9.17) is 0 Å².